The van der Waals surface area contributed by atoms with Gasteiger partial charge in [-0.2, -0.15) is 0 Å². The molecule has 0 aliphatic carbocycles. The van der Waals surface area contributed by atoms with E-state index in [1.165, 1.54) is 18.1 Å². The number of aromatic carboxylic acids is 1. The van der Waals surface area contributed by atoms with E-state index in [9.17, 15) is 19.7 Å². The first kappa shape index (κ1) is 21.6. The first-order valence-corrected chi connectivity index (χ1v) is 9.43. The summed E-state index contributed by atoms with van der Waals surface area (Å²) in [5.74, 6) is -1.95. The average molecular weight is 442 g/mol. The van der Waals surface area contributed by atoms with Crippen molar-refractivity contribution in [1.82, 2.24) is 15.5 Å². The Bertz CT molecular complexity index is 866. The molecule has 1 amide bonds. The van der Waals surface area contributed by atoms with Gasteiger partial charge in [-0.25, -0.2) is 4.79 Å². The molecular weight excluding hydrogens is 421 g/mol. The third kappa shape index (κ3) is 3.41. The first-order chi connectivity index (χ1) is 13.4. The van der Waals surface area contributed by atoms with Crippen LogP contribution in [0.3, 0.4) is 0 Å². The SMILES string of the molecule is COc1ccc2c(c1C(=O)O)OB(O)[C@@H](N1C(=O)C3(CCNCC3)NC1=S)C2.Cl. The van der Waals surface area contributed by atoms with Gasteiger partial charge in [0.25, 0.3) is 5.91 Å². The minimum Gasteiger partial charge on any atom is -0.534 e. The Labute approximate surface area is 179 Å². The Morgan fingerprint density at radius 1 is 1.41 bits per heavy atom. The molecule has 2 fully saturated rings. The molecule has 156 valence electrons. The van der Waals surface area contributed by atoms with E-state index in [1.807, 2.05) is 0 Å². The summed E-state index contributed by atoms with van der Waals surface area (Å²) in [5.41, 5.74) is -0.342. The molecule has 0 aromatic heterocycles. The van der Waals surface area contributed by atoms with E-state index in [0.717, 1.165) is 0 Å². The summed E-state index contributed by atoms with van der Waals surface area (Å²) in [5, 5.41) is 26.8. The summed E-state index contributed by atoms with van der Waals surface area (Å²) < 4.78 is 10.7. The molecule has 2 saturated heterocycles. The maximum atomic E-state index is 13.2. The lowest BCUT2D eigenvalue weighted by molar-refractivity contribution is -0.132. The highest BCUT2D eigenvalue weighted by atomic mass is 35.5. The van der Waals surface area contributed by atoms with E-state index < -0.39 is 24.6 Å². The van der Waals surface area contributed by atoms with Gasteiger partial charge < -0.3 is 30.2 Å². The number of hydrogen-bond acceptors (Lipinski definition) is 7. The van der Waals surface area contributed by atoms with E-state index in [4.69, 9.17) is 21.6 Å². The number of benzene rings is 1. The van der Waals surface area contributed by atoms with E-state index >= 15 is 0 Å². The first-order valence-electron chi connectivity index (χ1n) is 9.02. The number of carboxylic acids is 1. The molecule has 0 unspecified atom stereocenters. The molecule has 3 aliphatic heterocycles. The maximum Gasteiger partial charge on any atom is 0.547 e. The van der Waals surface area contributed by atoms with Gasteiger partial charge in [0.15, 0.2) is 5.11 Å². The molecule has 1 aromatic rings. The minimum absolute atomic E-state index is 0. The monoisotopic (exact) mass is 441 g/mol. The number of hydrogen-bond donors (Lipinski definition) is 4. The highest BCUT2D eigenvalue weighted by molar-refractivity contribution is 7.80. The van der Waals surface area contributed by atoms with E-state index in [-0.39, 0.29) is 46.9 Å². The van der Waals surface area contributed by atoms with Crippen LogP contribution in [0.25, 0.3) is 0 Å². The summed E-state index contributed by atoms with van der Waals surface area (Å²) in [4.78, 5) is 26.2. The fourth-order valence-electron chi connectivity index (χ4n) is 4.15. The van der Waals surface area contributed by atoms with Crippen LogP contribution in [0.1, 0.15) is 28.8 Å². The Balaban J connectivity index is 0.00000240. The molecule has 1 spiro atoms. The number of nitrogens with zero attached hydrogens (tertiary/aromatic N) is 1. The lowest BCUT2D eigenvalue weighted by Gasteiger charge is -2.35. The summed E-state index contributed by atoms with van der Waals surface area (Å²) in [6, 6.07) is 3.22. The second-order valence-corrected chi connectivity index (χ2v) is 7.54. The second-order valence-electron chi connectivity index (χ2n) is 7.15. The Kier molecular flexibility index (Phi) is 5.95. The van der Waals surface area contributed by atoms with Crippen molar-refractivity contribution in [1.29, 1.82) is 0 Å². The van der Waals surface area contributed by atoms with E-state index in [1.54, 1.807) is 6.07 Å². The third-order valence-electron chi connectivity index (χ3n) is 5.61. The van der Waals surface area contributed by atoms with Crippen LogP contribution < -0.4 is 20.0 Å². The number of methoxy groups -OCH3 is 1. The molecule has 0 saturated carbocycles. The summed E-state index contributed by atoms with van der Waals surface area (Å²) in [7, 11) is -0.0555. The number of nitrogens with one attached hydrogen (secondary N) is 2. The lowest BCUT2D eigenvalue weighted by atomic mass is 9.71. The average Bonchev–Trinajstić information content (AvgIpc) is 2.90. The van der Waals surface area contributed by atoms with Crippen molar-refractivity contribution in [2.75, 3.05) is 20.2 Å². The third-order valence-corrected chi connectivity index (χ3v) is 5.91. The molecule has 1 aromatic carbocycles. The Hall–Kier alpha value is -2.08. The highest BCUT2D eigenvalue weighted by Gasteiger charge is 2.55. The van der Waals surface area contributed by atoms with Crippen LogP contribution in [-0.4, -0.2) is 70.8 Å². The van der Waals surface area contributed by atoms with E-state index in [0.29, 0.717) is 31.5 Å². The standard InChI is InChI=1S/C17H20BN3O6S.ClH/c1-26-10-3-2-9-8-11(18(25)27-13(9)12(10)14(22)23)21-15(24)17(20-16(21)28)4-6-19-7-5-17;/h2-3,11,19,25H,4-8H2,1H3,(H,20,28)(H,22,23);1H/t11-;/m0./s1. The topological polar surface area (TPSA) is 120 Å². The smallest absolute Gasteiger partial charge is 0.534 e. The fraction of sp³-hybridized carbons (Fsp3) is 0.471. The Morgan fingerprint density at radius 2 is 2.10 bits per heavy atom. The molecule has 0 radical (unpaired) electrons. The van der Waals surface area contributed by atoms with Crippen LogP contribution >= 0.6 is 24.6 Å². The molecule has 9 nitrogen and oxygen atoms in total. The number of halogens is 1. The van der Waals surface area contributed by atoms with Crippen LogP contribution in [0.15, 0.2) is 12.1 Å². The zero-order chi connectivity index (χ0) is 20.1. The largest absolute Gasteiger partial charge is 0.547 e. The minimum atomic E-state index is -1.42. The van der Waals surface area contributed by atoms with Crippen LogP contribution in [0.5, 0.6) is 11.5 Å². The molecule has 4 rings (SSSR count). The molecule has 1 atom stereocenters. The highest BCUT2D eigenvalue weighted by Crippen LogP contribution is 2.38. The number of thiocarbonyl (C=S) groups is 1. The van der Waals surface area contributed by atoms with Gasteiger partial charge in [-0.05, 0) is 56.2 Å². The van der Waals surface area contributed by atoms with E-state index in [2.05, 4.69) is 10.6 Å². The van der Waals surface area contributed by atoms with Gasteiger partial charge >= 0.3 is 13.1 Å². The Morgan fingerprint density at radius 3 is 2.72 bits per heavy atom. The predicted molar refractivity (Wildman–Crippen MR) is 111 cm³/mol. The number of carboxylic acid groups (broad SMARTS) is 1. The molecule has 29 heavy (non-hydrogen) atoms. The van der Waals surface area contributed by atoms with Crippen molar-refractivity contribution in [2.45, 2.75) is 30.7 Å². The molecule has 0 bridgehead atoms. The zero-order valence-corrected chi connectivity index (χ0v) is 17.3. The van der Waals surface area contributed by atoms with Crippen LogP contribution in [0.4, 0.5) is 0 Å². The van der Waals surface area contributed by atoms with Gasteiger partial charge in [0.2, 0.25) is 0 Å². The van der Waals surface area contributed by atoms with Gasteiger partial charge in [0.1, 0.15) is 22.6 Å². The number of carbonyl (C=O) groups excluding carboxylic acids is 1. The predicted octanol–water partition coefficient (Wildman–Crippen LogP) is -0.0227. The second kappa shape index (κ2) is 7.98. The maximum absolute atomic E-state index is 13.2. The fourth-order valence-corrected chi connectivity index (χ4v) is 4.57. The van der Waals surface area contributed by atoms with Gasteiger partial charge in [-0.15, -0.1) is 12.4 Å². The van der Waals surface area contributed by atoms with Gasteiger partial charge in [-0.3, -0.25) is 9.69 Å². The van der Waals surface area contributed by atoms with Crippen molar-refractivity contribution in [2.24, 2.45) is 0 Å². The van der Waals surface area contributed by atoms with Gasteiger partial charge in [-0.1, -0.05) is 6.07 Å². The van der Waals surface area contributed by atoms with Crippen molar-refractivity contribution in [3.63, 3.8) is 0 Å². The molecule has 3 heterocycles. The number of amides is 1. The van der Waals surface area contributed by atoms with Crippen molar-refractivity contribution < 1.29 is 29.1 Å². The lowest BCUT2D eigenvalue weighted by Crippen LogP contribution is -2.58. The van der Waals surface area contributed by atoms with Crippen LogP contribution in [0.2, 0.25) is 0 Å². The number of rotatable bonds is 3. The summed E-state index contributed by atoms with van der Waals surface area (Å²) in [6.45, 7) is 1.40. The number of fused-ring (bicyclic) bond motifs is 1. The van der Waals surface area contributed by atoms with Gasteiger partial charge in [0, 0.05) is 0 Å². The molecule has 3 aliphatic rings. The molecular formula is C17H21BClN3O6S. The number of carbonyl (C=O) groups is 2. The molecule has 4 N–H and O–H groups in total. The van der Waals surface area contributed by atoms with Crippen molar-refractivity contribution >= 4 is 48.7 Å². The normalized spacial score (nSPS) is 22.5. The van der Waals surface area contributed by atoms with Crippen LogP contribution in [0, 0.1) is 0 Å². The van der Waals surface area contributed by atoms with Crippen molar-refractivity contribution in [3.8, 4) is 11.5 Å². The molecule has 12 heteroatoms. The van der Waals surface area contributed by atoms with Crippen molar-refractivity contribution in [3.05, 3.63) is 23.3 Å². The van der Waals surface area contributed by atoms with Crippen LogP contribution in [-0.2, 0) is 11.2 Å². The number of piperidine rings is 1. The summed E-state index contributed by atoms with van der Waals surface area (Å²) in [6.07, 6.45) is 1.41. The number of ether oxygens (including phenoxy) is 1. The summed E-state index contributed by atoms with van der Waals surface area (Å²) >= 11 is 5.40. The quantitative estimate of drug-likeness (QED) is 0.379. The zero-order valence-electron chi connectivity index (χ0n) is 15.6. The van der Waals surface area contributed by atoms with Gasteiger partial charge in [0.05, 0.1) is 13.1 Å².